The van der Waals surface area contributed by atoms with Gasteiger partial charge in [0.05, 0.1) is 27.2 Å². The summed E-state index contributed by atoms with van der Waals surface area (Å²) >= 11 is 1.63. The van der Waals surface area contributed by atoms with Crippen molar-refractivity contribution >= 4 is 34.3 Å². The van der Waals surface area contributed by atoms with Gasteiger partial charge in [-0.05, 0) is 51.3 Å². The highest BCUT2D eigenvalue weighted by atomic mass is 32.1. The Kier molecular flexibility index (Phi) is 6.60. The summed E-state index contributed by atoms with van der Waals surface area (Å²) in [5.74, 6) is 0.130. The topological polar surface area (TPSA) is 79.5 Å². The van der Waals surface area contributed by atoms with E-state index in [1.54, 1.807) is 11.3 Å². The molecule has 0 aliphatic carbocycles. The van der Waals surface area contributed by atoms with Crippen LogP contribution in [0.25, 0.3) is 21.7 Å². The predicted molar refractivity (Wildman–Crippen MR) is 126 cm³/mol. The number of rotatable bonds is 6. The maximum Gasteiger partial charge on any atom is 0.259 e. The molecule has 1 aliphatic rings. The molecule has 4 rings (SSSR count). The predicted octanol–water partition coefficient (Wildman–Crippen LogP) is 4.68. The summed E-state index contributed by atoms with van der Waals surface area (Å²) in [6.07, 6.45) is 3.46. The number of carbonyl (C=O) groups is 2. The zero-order chi connectivity index (χ0) is 22.8. The molecule has 170 valence electrons. The van der Waals surface area contributed by atoms with Crippen LogP contribution in [-0.2, 0) is 4.79 Å². The van der Waals surface area contributed by atoms with Crippen LogP contribution < -0.4 is 0 Å². The van der Waals surface area contributed by atoms with E-state index in [4.69, 9.17) is 4.52 Å². The number of pyridine rings is 1. The fourth-order valence-corrected chi connectivity index (χ4v) is 5.11. The molecule has 7 nitrogen and oxygen atoms in total. The van der Waals surface area contributed by atoms with Crippen LogP contribution in [0.15, 0.2) is 22.7 Å². The van der Waals surface area contributed by atoms with Crippen molar-refractivity contribution in [2.75, 3.05) is 26.7 Å². The van der Waals surface area contributed by atoms with Crippen LogP contribution in [0.1, 0.15) is 53.5 Å². The molecule has 2 amide bonds. The van der Waals surface area contributed by atoms with Crippen LogP contribution in [0.3, 0.4) is 0 Å². The zero-order valence-electron chi connectivity index (χ0n) is 19.2. The molecule has 0 N–H and O–H groups in total. The summed E-state index contributed by atoms with van der Waals surface area (Å²) in [4.78, 5) is 36.7. The molecule has 3 aromatic heterocycles. The first-order valence-corrected chi connectivity index (χ1v) is 12.1. The molecule has 32 heavy (non-hydrogen) atoms. The van der Waals surface area contributed by atoms with Crippen molar-refractivity contribution in [3.05, 3.63) is 34.3 Å². The molecular formula is C24H30N4O3S. The van der Waals surface area contributed by atoms with Crippen molar-refractivity contribution in [3.8, 4) is 10.6 Å². The molecule has 8 heteroatoms. The number of thiophene rings is 1. The maximum atomic E-state index is 13.5. The largest absolute Gasteiger partial charge is 0.346 e. The molecule has 0 radical (unpaired) electrons. The highest BCUT2D eigenvalue weighted by Gasteiger charge is 2.31. The Labute approximate surface area is 192 Å². The summed E-state index contributed by atoms with van der Waals surface area (Å²) in [5, 5.41) is 4.72. The second-order valence-corrected chi connectivity index (χ2v) is 9.88. The Morgan fingerprint density at radius 2 is 2.00 bits per heavy atom. The van der Waals surface area contributed by atoms with E-state index < -0.39 is 0 Å². The van der Waals surface area contributed by atoms with Crippen molar-refractivity contribution < 1.29 is 14.1 Å². The number of hydrogen-bond donors (Lipinski definition) is 0. The zero-order valence-corrected chi connectivity index (χ0v) is 20.0. The van der Waals surface area contributed by atoms with Gasteiger partial charge in [-0.3, -0.25) is 9.59 Å². The van der Waals surface area contributed by atoms with Crippen LogP contribution in [0.2, 0.25) is 0 Å². The van der Waals surface area contributed by atoms with Gasteiger partial charge in [0.15, 0.2) is 0 Å². The standard InChI is InChI=1S/C24H30N4O3S/c1-5-6-11-27(4)23(29)17-9-12-28(13-10-17)24(30)18-14-19(20-8-7-15(2)32-20)25-22-21(18)16(3)26-31-22/h7-8,14,17H,5-6,9-13H2,1-4H3. The molecule has 1 saturated heterocycles. The quantitative estimate of drug-likeness (QED) is 0.540. The first-order chi connectivity index (χ1) is 15.4. The van der Waals surface area contributed by atoms with Gasteiger partial charge in [0.2, 0.25) is 5.91 Å². The SMILES string of the molecule is CCCCN(C)C(=O)C1CCN(C(=O)c2cc(-c3ccc(C)s3)nc3onc(C)c23)CC1. The third kappa shape index (κ3) is 4.41. The number of hydrogen-bond acceptors (Lipinski definition) is 6. The Bertz CT molecular complexity index is 1130. The van der Waals surface area contributed by atoms with Crippen LogP contribution >= 0.6 is 11.3 Å². The Hall–Kier alpha value is -2.74. The average molecular weight is 455 g/mol. The number of fused-ring (bicyclic) bond motifs is 1. The lowest BCUT2D eigenvalue weighted by atomic mass is 9.94. The van der Waals surface area contributed by atoms with Crippen LogP contribution in [0, 0.1) is 19.8 Å². The molecule has 3 aromatic rings. The summed E-state index contributed by atoms with van der Waals surface area (Å²) in [6.45, 7) is 7.93. The van der Waals surface area contributed by atoms with Crippen molar-refractivity contribution in [3.63, 3.8) is 0 Å². The molecule has 0 unspecified atom stereocenters. The van der Waals surface area contributed by atoms with E-state index in [1.165, 1.54) is 4.88 Å². The summed E-state index contributed by atoms with van der Waals surface area (Å²) in [7, 11) is 1.88. The van der Waals surface area contributed by atoms with Gasteiger partial charge in [-0.2, -0.15) is 0 Å². The summed E-state index contributed by atoms with van der Waals surface area (Å²) < 4.78 is 5.43. The molecule has 0 atom stereocenters. The molecular weight excluding hydrogens is 424 g/mol. The van der Waals surface area contributed by atoms with E-state index in [2.05, 4.69) is 17.1 Å². The number of aromatic nitrogens is 2. The van der Waals surface area contributed by atoms with Gasteiger partial charge in [0, 0.05) is 37.5 Å². The van der Waals surface area contributed by atoms with E-state index in [1.807, 2.05) is 48.9 Å². The first-order valence-electron chi connectivity index (χ1n) is 11.3. The van der Waals surface area contributed by atoms with E-state index in [-0.39, 0.29) is 17.7 Å². The number of likely N-dealkylation sites (tertiary alicyclic amines) is 1. The normalized spacial score (nSPS) is 14.8. The van der Waals surface area contributed by atoms with Crippen LogP contribution in [-0.4, -0.2) is 58.4 Å². The van der Waals surface area contributed by atoms with Crippen LogP contribution in [0.5, 0.6) is 0 Å². The molecule has 0 bridgehead atoms. The molecule has 0 saturated carbocycles. The van der Waals surface area contributed by atoms with Gasteiger partial charge in [-0.1, -0.05) is 18.5 Å². The van der Waals surface area contributed by atoms with Gasteiger partial charge in [0.25, 0.3) is 11.6 Å². The van der Waals surface area contributed by atoms with E-state index in [0.29, 0.717) is 48.3 Å². The molecule has 1 fully saturated rings. The lowest BCUT2D eigenvalue weighted by Gasteiger charge is -2.33. The van der Waals surface area contributed by atoms with Crippen molar-refractivity contribution in [2.45, 2.75) is 46.5 Å². The van der Waals surface area contributed by atoms with E-state index in [9.17, 15) is 9.59 Å². The van der Waals surface area contributed by atoms with E-state index >= 15 is 0 Å². The Morgan fingerprint density at radius 3 is 2.66 bits per heavy atom. The second kappa shape index (κ2) is 9.40. The molecule has 4 heterocycles. The highest BCUT2D eigenvalue weighted by molar-refractivity contribution is 7.15. The fraction of sp³-hybridized carbons (Fsp3) is 0.500. The van der Waals surface area contributed by atoms with Crippen molar-refractivity contribution in [1.29, 1.82) is 0 Å². The number of nitrogens with zero attached hydrogens (tertiary/aromatic N) is 4. The smallest absolute Gasteiger partial charge is 0.259 e. The minimum Gasteiger partial charge on any atom is -0.346 e. The number of carbonyl (C=O) groups excluding carboxylic acids is 2. The third-order valence-electron chi connectivity index (χ3n) is 6.20. The average Bonchev–Trinajstić information content (AvgIpc) is 3.41. The van der Waals surface area contributed by atoms with Gasteiger partial charge in [-0.15, -0.1) is 11.3 Å². The maximum absolute atomic E-state index is 13.5. The highest BCUT2D eigenvalue weighted by Crippen LogP contribution is 2.32. The number of amides is 2. The first kappa shape index (κ1) is 22.5. The Balaban J connectivity index is 1.54. The third-order valence-corrected chi connectivity index (χ3v) is 7.22. The lowest BCUT2D eigenvalue weighted by Crippen LogP contribution is -2.43. The van der Waals surface area contributed by atoms with Gasteiger partial charge in [0.1, 0.15) is 0 Å². The molecule has 0 aromatic carbocycles. The second-order valence-electron chi connectivity index (χ2n) is 8.59. The molecule has 0 spiro atoms. The van der Waals surface area contributed by atoms with Gasteiger partial charge < -0.3 is 14.3 Å². The van der Waals surface area contributed by atoms with Gasteiger partial charge >= 0.3 is 0 Å². The van der Waals surface area contributed by atoms with Crippen molar-refractivity contribution in [1.82, 2.24) is 19.9 Å². The Morgan fingerprint density at radius 1 is 1.25 bits per heavy atom. The lowest BCUT2D eigenvalue weighted by molar-refractivity contribution is -0.135. The summed E-state index contributed by atoms with van der Waals surface area (Å²) in [5.41, 5.74) is 2.33. The monoisotopic (exact) mass is 454 g/mol. The fourth-order valence-electron chi connectivity index (χ4n) is 4.28. The van der Waals surface area contributed by atoms with E-state index in [0.717, 1.165) is 30.0 Å². The number of unbranched alkanes of at least 4 members (excludes halogenated alkanes) is 1. The van der Waals surface area contributed by atoms with Gasteiger partial charge in [-0.25, -0.2) is 4.98 Å². The minimum absolute atomic E-state index is 0.0136. The number of aryl methyl sites for hydroxylation is 2. The number of piperidine rings is 1. The summed E-state index contributed by atoms with van der Waals surface area (Å²) in [6, 6.07) is 5.91. The molecule has 1 aliphatic heterocycles. The van der Waals surface area contributed by atoms with Crippen molar-refractivity contribution in [2.24, 2.45) is 5.92 Å². The minimum atomic E-state index is -0.0523. The van der Waals surface area contributed by atoms with Crippen LogP contribution in [0.4, 0.5) is 0 Å².